The largest absolute Gasteiger partial charge is 0.480 e. The van der Waals surface area contributed by atoms with E-state index in [0.29, 0.717) is 0 Å². The number of hydrogen-bond acceptors (Lipinski definition) is 7. The molecule has 0 amide bonds. The van der Waals surface area contributed by atoms with Crippen LogP contribution in [-0.4, -0.2) is 78.2 Å². The maximum Gasteiger partial charge on any atom is 0.317 e. The Bertz CT molecular complexity index is 674. The second kappa shape index (κ2) is 8.77. The van der Waals surface area contributed by atoms with Crippen LogP contribution in [0, 0.1) is 0 Å². The Morgan fingerprint density at radius 3 is 2.73 bits per heavy atom. The van der Waals surface area contributed by atoms with Crippen molar-refractivity contribution in [2.75, 3.05) is 39.3 Å². The zero-order chi connectivity index (χ0) is 18.4. The van der Waals surface area contributed by atoms with Crippen molar-refractivity contribution in [1.82, 2.24) is 9.80 Å². The molecule has 0 saturated carbocycles. The topological polar surface area (TPSA) is 104 Å². The average molecular weight is 359 g/mol. The third kappa shape index (κ3) is 5.03. The van der Waals surface area contributed by atoms with Gasteiger partial charge in [-0.1, -0.05) is 29.4 Å². The van der Waals surface area contributed by atoms with Crippen LogP contribution in [-0.2, 0) is 9.63 Å². The highest BCUT2D eigenvalue weighted by atomic mass is 16.6. The van der Waals surface area contributed by atoms with Gasteiger partial charge in [0, 0.05) is 32.6 Å². The Morgan fingerprint density at radius 1 is 1.27 bits per heavy atom. The fourth-order valence-electron chi connectivity index (χ4n) is 3.39. The van der Waals surface area contributed by atoms with Gasteiger partial charge in [0.05, 0.1) is 18.5 Å². The molecule has 1 aromatic carbocycles. The molecule has 8 nitrogen and oxygen atoms in total. The van der Waals surface area contributed by atoms with Gasteiger partial charge in [0.25, 0.3) is 0 Å². The number of aliphatic carboxylic acids is 1. The first-order valence-corrected chi connectivity index (χ1v) is 8.87. The summed E-state index contributed by atoms with van der Waals surface area (Å²) in [6, 6.07) is 7.90. The first-order valence-electron chi connectivity index (χ1n) is 8.87. The van der Waals surface area contributed by atoms with Crippen molar-refractivity contribution in [2.45, 2.75) is 18.9 Å². The number of carboxylic acids is 1. The van der Waals surface area contributed by atoms with E-state index >= 15 is 0 Å². The molecule has 1 atom stereocenters. The van der Waals surface area contributed by atoms with E-state index in [1.807, 2.05) is 29.2 Å². The van der Waals surface area contributed by atoms with Crippen molar-refractivity contribution >= 4 is 17.9 Å². The number of benzene rings is 1. The molecule has 2 aliphatic heterocycles. The molecule has 0 bridgehead atoms. The second-order valence-corrected chi connectivity index (χ2v) is 6.69. The lowest BCUT2D eigenvalue weighted by molar-refractivity contribution is -0.138. The SMILES string of the molecule is NN=Cc1ccc(C2=NOC(CN3CCCN(CC(=O)O)CC3)C2)cc1. The lowest BCUT2D eigenvalue weighted by atomic mass is 10.0. The molecule has 1 aromatic rings. The molecule has 3 rings (SSSR count). The van der Waals surface area contributed by atoms with E-state index in [-0.39, 0.29) is 12.6 Å². The van der Waals surface area contributed by atoms with E-state index in [1.54, 1.807) is 6.21 Å². The van der Waals surface area contributed by atoms with Gasteiger partial charge in [0.15, 0.2) is 0 Å². The van der Waals surface area contributed by atoms with Crippen molar-refractivity contribution < 1.29 is 14.7 Å². The van der Waals surface area contributed by atoms with Crippen LogP contribution in [0.3, 0.4) is 0 Å². The molecular weight excluding hydrogens is 334 g/mol. The average Bonchev–Trinajstić information content (AvgIpc) is 2.97. The third-order valence-electron chi connectivity index (χ3n) is 4.70. The fraction of sp³-hybridized carbons (Fsp3) is 0.500. The summed E-state index contributed by atoms with van der Waals surface area (Å²) in [6.07, 6.45) is 3.39. The quantitative estimate of drug-likeness (QED) is 0.437. The van der Waals surface area contributed by atoms with E-state index in [1.165, 1.54) is 0 Å². The Morgan fingerprint density at radius 2 is 2.00 bits per heavy atom. The standard InChI is InChI=1S/C18H25N5O3/c19-20-11-14-2-4-15(5-3-14)17-10-16(26-21-17)12-22-6-1-7-23(9-8-22)13-18(24)25/h2-5,11,16H,1,6-10,12-13,19H2,(H,24,25). The van der Waals surface area contributed by atoms with Gasteiger partial charge in [0.2, 0.25) is 0 Å². The Balaban J connectivity index is 1.48. The monoisotopic (exact) mass is 359 g/mol. The summed E-state index contributed by atoms with van der Waals surface area (Å²) < 4.78 is 0. The highest BCUT2D eigenvalue weighted by molar-refractivity contribution is 6.01. The van der Waals surface area contributed by atoms with Gasteiger partial charge in [-0.25, -0.2) is 0 Å². The molecule has 1 fully saturated rings. The zero-order valence-corrected chi connectivity index (χ0v) is 14.8. The van der Waals surface area contributed by atoms with Gasteiger partial charge in [0.1, 0.15) is 6.10 Å². The van der Waals surface area contributed by atoms with E-state index in [0.717, 1.165) is 62.4 Å². The molecule has 0 spiro atoms. The van der Waals surface area contributed by atoms with Crippen LogP contribution in [0.1, 0.15) is 24.0 Å². The number of oxime groups is 1. The molecule has 0 radical (unpaired) electrons. The van der Waals surface area contributed by atoms with Crippen LogP contribution < -0.4 is 5.84 Å². The molecule has 1 saturated heterocycles. The number of nitrogens with two attached hydrogens (primary N) is 1. The van der Waals surface area contributed by atoms with Crippen LogP contribution in [0.5, 0.6) is 0 Å². The maximum atomic E-state index is 10.9. The highest BCUT2D eigenvalue weighted by Crippen LogP contribution is 2.18. The normalized spacial score (nSPS) is 22.2. The first-order chi connectivity index (χ1) is 12.6. The molecule has 8 heteroatoms. The molecule has 140 valence electrons. The number of rotatable bonds is 6. The number of nitrogens with zero attached hydrogens (tertiary/aromatic N) is 4. The minimum atomic E-state index is -0.764. The number of carbonyl (C=O) groups is 1. The van der Waals surface area contributed by atoms with Gasteiger partial charge in [-0.15, -0.1) is 0 Å². The summed E-state index contributed by atoms with van der Waals surface area (Å²) in [4.78, 5) is 20.8. The predicted octanol–water partition coefficient (Wildman–Crippen LogP) is 0.565. The molecule has 2 aliphatic rings. The molecule has 0 aromatic heterocycles. The van der Waals surface area contributed by atoms with Gasteiger partial charge < -0.3 is 15.8 Å². The summed E-state index contributed by atoms with van der Waals surface area (Å²) in [5, 5.41) is 16.7. The molecule has 0 aliphatic carbocycles. The summed E-state index contributed by atoms with van der Waals surface area (Å²) in [7, 11) is 0. The van der Waals surface area contributed by atoms with Crippen molar-refractivity contribution in [3.8, 4) is 0 Å². The lowest BCUT2D eigenvalue weighted by Gasteiger charge is -2.22. The summed E-state index contributed by atoms with van der Waals surface area (Å²) >= 11 is 0. The van der Waals surface area contributed by atoms with Crippen LogP contribution in [0.25, 0.3) is 0 Å². The predicted molar refractivity (Wildman–Crippen MR) is 99.4 cm³/mol. The van der Waals surface area contributed by atoms with Crippen LogP contribution in [0.15, 0.2) is 34.5 Å². The second-order valence-electron chi connectivity index (χ2n) is 6.69. The van der Waals surface area contributed by atoms with Crippen LogP contribution in [0.4, 0.5) is 0 Å². The van der Waals surface area contributed by atoms with E-state index in [9.17, 15) is 4.79 Å². The Labute approximate surface area is 152 Å². The van der Waals surface area contributed by atoms with E-state index < -0.39 is 5.97 Å². The van der Waals surface area contributed by atoms with Crippen molar-refractivity contribution in [2.24, 2.45) is 16.1 Å². The van der Waals surface area contributed by atoms with Crippen LogP contribution >= 0.6 is 0 Å². The first kappa shape index (κ1) is 18.3. The summed E-state index contributed by atoms with van der Waals surface area (Å²) in [5.74, 6) is 4.40. The maximum absolute atomic E-state index is 10.9. The third-order valence-corrected chi connectivity index (χ3v) is 4.70. The molecule has 1 unspecified atom stereocenters. The number of hydrogen-bond donors (Lipinski definition) is 2. The zero-order valence-electron chi connectivity index (χ0n) is 14.8. The number of carboxylic acid groups (broad SMARTS) is 1. The number of hydrazone groups is 1. The van der Waals surface area contributed by atoms with Gasteiger partial charge >= 0.3 is 5.97 Å². The van der Waals surface area contributed by atoms with E-state index in [4.69, 9.17) is 15.8 Å². The van der Waals surface area contributed by atoms with Crippen molar-refractivity contribution in [3.63, 3.8) is 0 Å². The fourth-order valence-corrected chi connectivity index (χ4v) is 3.39. The summed E-state index contributed by atoms with van der Waals surface area (Å²) in [6.45, 7) is 4.34. The van der Waals surface area contributed by atoms with Gasteiger partial charge in [-0.2, -0.15) is 5.10 Å². The Kier molecular flexibility index (Phi) is 6.19. The minimum absolute atomic E-state index is 0.0429. The van der Waals surface area contributed by atoms with E-state index in [2.05, 4.69) is 15.2 Å². The van der Waals surface area contributed by atoms with Crippen LogP contribution in [0.2, 0.25) is 0 Å². The van der Waals surface area contributed by atoms with Crippen molar-refractivity contribution in [1.29, 1.82) is 0 Å². The van der Waals surface area contributed by atoms with Gasteiger partial charge in [-0.3, -0.25) is 14.6 Å². The Hall–Kier alpha value is -2.45. The minimum Gasteiger partial charge on any atom is -0.480 e. The lowest BCUT2D eigenvalue weighted by Crippen LogP contribution is -2.37. The smallest absolute Gasteiger partial charge is 0.317 e. The molecule has 3 N–H and O–H groups in total. The molecule has 26 heavy (non-hydrogen) atoms. The summed E-state index contributed by atoms with van der Waals surface area (Å²) in [5.41, 5.74) is 2.95. The highest BCUT2D eigenvalue weighted by Gasteiger charge is 2.26. The molecular formula is C18H25N5O3. The van der Waals surface area contributed by atoms with Crippen molar-refractivity contribution in [3.05, 3.63) is 35.4 Å². The van der Waals surface area contributed by atoms with Gasteiger partial charge in [-0.05, 0) is 24.1 Å². The molecule has 2 heterocycles.